The van der Waals surface area contributed by atoms with Gasteiger partial charge in [-0.2, -0.15) is 11.8 Å². The molecule has 1 fully saturated rings. The average Bonchev–Trinajstić information content (AvgIpc) is 2.55. The summed E-state index contributed by atoms with van der Waals surface area (Å²) in [5, 5.41) is 4.93. The molecule has 1 atom stereocenters. The average molecular weight is 300 g/mol. The minimum atomic E-state index is 0.479. The number of thioether (sulfide) groups is 1. The van der Waals surface area contributed by atoms with Crippen molar-refractivity contribution in [2.75, 3.05) is 18.1 Å². The van der Waals surface area contributed by atoms with E-state index < -0.39 is 0 Å². The van der Waals surface area contributed by atoms with Gasteiger partial charge in [-0.3, -0.25) is 4.98 Å². The molecule has 1 aromatic heterocycles. The first-order chi connectivity index (χ1) is 10.4. The second-order valence-corrected chi connectivity index (χ2v) is 7.08. The number of rotatable bonds is 5. The van der Waals surface area contributed by atoms with Crippen LogP contribution in [0.5, 0.6) is 0 Å². The normalized spacial score (nSPS) is 18.0. The van der Waals surface area contributed by atoms with Crippen LogP contribution in [-0.4, -0.2) is 23.0 Å². The molecule has 1 aliphatic heterocycles. The van der Waals surface area contributed by atoms with Crippen molar-refractivity contribution in [3.05, 3.63) is 42.1 Å². The predicted octanol–water partition coefficient (Wildman–Crippen LogP) is 4.42. The summed E-state index contributed by atoms with van der Waals surface area (Å²) in [6.07, 6.45) is 5.88. The van der Waals surface area contributed by atoms with Gasteiger partial charge < -0.3 is 5.32 Å². The molecule has 2 nitrogen and oxygen atoms in total. The summed E-state index contributed by atoms with van der Waals surface area (Å²) in [6.45, 7) is 3.23. The van der Waals surface area contributed by atoms with Crippen LogP contribution in [-0.2, 0) is 0 Å². The molecular weight excluding hydrogens is 276 g/mol. The maximum absolute atomic E-state index is 4.42. The first-order valence-corrected chi connectivity index (χ1v) is 9.18. The van der Waals surface area contributed by atoms with Gasteiger partial charge in [0.1, 0.15) is 0 Å². The van der Waals surface area contributed by atoms with Crippen LogP contribution in [0.1, 0.15) is 37.8 Å². The first kappa shape index (κ1) is 14.9. The number of nitrogens with zero attached hydrogens (tertiary/aromatic N) is 1. The zero-order valence-corrected chi connectivity index (χ0v) is 13.5. The third-order valence-corrected chi connectivity index (χ3v) is 5.44. The molecule has 3 rings (SSSR count). The summed E-state index contributed by atoms with van der Waals surface area (Å²) in [7, 11) is 0. The van der Waals surface area contributed by atoms with Gasteiger partial charge in [0.2, 0.25) is 0 Å². The van der Waals surface area contributed by atoms with Crippen LogP contribution < -0.4 is 5.32 Å². The molecule has 1 aromatic carbocycles. The smallest absolute Gasteiger partial charge is 0.0702 e. The van der Waals surface area contributed by atoms with Crippen LogP contribution in [0.25, 0.3) is 10.9 Å². The molecule has 0 amide bonds. The summed E-state index contributed by atoms with van der Waals surface area (Å²) in [4.78, 5) is 4.42. The number of hydrogen-bond donors (Lipinski definition) is 1. The van der Waals surface area contributed by atoms with E-state index in [0.29, 0.717) is 6.04 Å². The van der Waals surface area contributed by atoms with Crippen molar-refractivity contribution in [3.63, 3.8) is 0 Å². The molecule has 1 saturated heterocycles. The highest BCUT2D eigenvalue weighted by Gasteiger charge is 2.20. The summed E-state index contributed by atoms with van der Waals surface area (Å²) >= 11 is 2.11. The van der Waals surface area contributed by atoms with Crippen molar-refractivity contribution in [1.29, 1.82) is 0 Å². The number of aromatic nitrogens is 1. The van der Waals surface area contributed by atoms with Crippen LogP contribution in [0, 0.1) is 5.92 Å². The summed E-state index contributed by atoms with van der Waals surface area (Å²) in [5.74, 6) is 3.55. The highest BCUT2D eigenvalue weighted by molar-refractivity contribution is 7.99. The molecule has 0 radical (unpaired) electrons. The third-order valence-electron chi connectivity index (χ3n) is 4.39. The Morgan fingerprint density at radius 3 is 2.95 bits per heavy atom. The van der Waals surface area contributed by atoms with Crippen molar-refractivity contribution in [3.8, 4) is 0 Å². The molecule has 0 bridgehead atoms. The maximum Gasteiger partial charge on any atom is 0.0702 e. The molecule has 2 heterocycles. The summed E-state index contributed by atoms with van der Waals surface area (Å²) < 4.78 is 0. The minimum Gasteiger partial charge on any atom is -0.310 e. The Labute approximate surface area is 131 Å². The topological polar surface area (TPSA) is 24.9 Å². The van der Waals surface area contributed by atoms with E-state index in [2.05, 4.69) is 53.3 Å². The Morgan fingerprint density at radius 2 is 2.14 bits per heavy atom. The quantitative estimate of drug-likeness (QED) is 0.885. The first-order valence-electron chi connectivity index (χ1n) is 8.02. The van der Waals surface area contributed by atoms with Gasteiger partial charge in [0, 0.05) is 17.6 Å². The van der Waals surface area contributed by atoms with Gasteiger partial charge in [-0.05, 0) is 67.0 Å². The van der Waals surface area contributed by atoms with Gasteiger partial charge in [0.05, 0.1) is 5.52 Å². The van der Waals surface area contributed by atoms with E-state index in [1.165, 1.54) is 41.7 Å². The lowest BCUT2D eigenvalue weighted by Gasteiger charge is -2.27. The molecule has 112 valence electrons. The molecule has 1 aliphatic rings. The fraction of sp³-hybridized carbons (Fsp3) is 0.500. The van der Waals surface area contributed by atoms with Crippen molar-refractivity contribution in [1.82, 2.24) is 10.3 Å². The molecule has 0 spiro atoms. The fourth-order valence-corrected chi connectivity index (χ4v) is 4.41. The number of nitrogens with one attached hydrogen (secondary N) is 1. The molecule has 3 heteroatoms. The maximum atomic E-state index is 4.42. The molecule has 1 unspecified atom stereocenters. The lowest BCUT2D eigenvalue weighted by atomic mass is 9.90. The van der Waals surface area contributed by atoms with Gasteiger partial charge in [-0.25, -0.2) is 0 Å². The van der Waals surface area contributed by atoms with Crippen LogP contribution >= 0.6 is 11.8 Å². The number of fused-ring (bicyclic) bond motifs is 1. The predicted molar refractivity (Wildman–Crippen MR) is 92.8 cm³/mol. The number of pyridine rings is 1. The molecular formula is C18H24N2S. The van der Waals surface area contributed by atoms with Gasteiger partial charge >= 0.3 is 0 Å². The summed E-state index contributed by atoms with van der Waals surface area (Å²) in [6, 6.07) is 11.4. The van der Waals surface area contributed by atoms with E-state index in [9.17, 15) is 0 Å². The van der Waals surface area contributed by atoms with Crippen LogP contribution in [0.3, 0.4) is 0 Å². The van der Waals surface area contributed by atoms with Crippen LogP contribution in [0.15, 0.2) is 36.5 Å². The van der Waals surface area contributed by atoms with E-state index in [1.807, 2.05) is 12.3 Å². The Kier molecular flexibility index (Phi) is 5.15. The number of benzene rings is 1. The van der Waals surface area contributed by atoms with E-state index in [4.69, 9.17) is 0 Å². The van der Waals surface area contributed by atoms with Crippen molar-refractivity contribution < 1.29 is 0 Å². The van der Waals surface area contributed by atoms with Gasteiger partial charge in [0.25, 0.3) is 0 Å². The molecule has 1 N–H and O–H groups in total. The lowest BCUT2D eigenvalue weighted by molar-refractivity contribution is 0.374. The zero-order chi connectivity index (χ0) is 14.5. The Hall–Kier alpha value is -1.06. The van der Waals surface area contributed by atoms with Gasteiger partial charge in [-0.1, -0.05) is 19.1 Å². The van der Waals surface area contributed by atoms with Gasteiger partial charge in [-0.15, -0.1) is 0 Å². The van der Waals surface area contributed by atoms with Crippen LogP contribution in [0.4, 0.5) is 0 Å². The standard InChI is InChI=1S/C18H24N2S/c1-2-19-18(12-14-7-10-21-11-8-14)16-5-6-17-15(13-16)4-3-9-20-17/h3-6,9,13-14,18-19H,2,7-8,10-12H2,1H3. The second kappa shape index (κ2) is 7.28. The Balaban J connectivity index is 1.80. The molecule has 21 heavy (non-hydrogen) atoms. The van der Waals surface area contributed by atoms with E-state index in [1.54, 1.807) is 0 Å². The number of hydrogen-bond acceptors (Lipinski definition) is 3. The zero-order valence-electron chi connectivity index (χ0n) is 12.7. The summed E-state index contributed by atoms with van der Waals surface area (Å²) in [5.41, 5.74) is 2.50. The fourth-order valence-electron chi connectivity index (χ4n) is 3.21. The highest BCUT2D eigenvalue weighted by atomic mass is 32.2. The van der Waals surface area contributed by atoms with Crippen molar-refractivity contribution in [2.24, 2.45) is 5.92 Å². The lowest BCUT2D eigenvalue weighted by Crippen LogP contribution is -2.25. The van der Waals surface area contributed by atoms with Gasteiger partial charge in [0.15, 0.2) is 0 Å². The largest absolute Gasteiger partial charge is 0.310 e. The molecule has 0 saturated carbocycles. The SMILES string of the molecule is CCNC(CC1CCSCC1)c1ccc2ncccc2c1. The Morgan fingerprint density at radius 1 is 1.29 bits per heavy atom. The second-order valence-electron chi connectivity index (χ2n) is 5.86. The highest BCUT2D eigenvalue weighted by Crippen LogP contribution is 2.31. The van der Waals surface area contributed by atoms with Crippen LogP contribution in [0.2, 0.25) is 0 Å². The Bertz CT molecular complexity index is 578. The van der Waals surface area contributed by atoms with E-state index in [0.717, 1.165) is 18.0 Å². The van der Waals surface area contributed by atoms with E-state index in [-0.39, 0.29) is 0 Å². The van der Waals surface area contributed by atoms with E-state index >= 15 is 0 Å². The molecule has 2 aromatic rings. The third kappa shape index (κ3) is 3.78. The van der Waals surface area contributed by atoms with Crippen molar-refractivity contribution >= 4 is 22.7 Å². The minimum absolute atomic E-state index is 0.479. The van der Waals surface area contributed by atoms with Crippen molar-refractivity contribution in [2.45, 2.75) is 32.2 Å². The monoisotopic (exact) mass is 300 g/mol. The molecule has 0 aliphatic carbocycles.